The molecule has 0 rings (SSSR count). The highest BCUT2D eigenvalue weighted by Crippen LogP contribution is 2.23. The second-order valence-electron chi connectivity index (χ2n) is 7.33. The predicted molar refractivity (Wildman–Crippen MR) is 105 cm³/mol. The third-order valence-corrected chi connectivity index (χ3v) is 4.75. The Morgan fingerprint density at radius 1 is 0.792 bits per heavy atom. The molecule has 0 heterocycles. The fourth-order valence-corrected chi connectivity index (χ4v) is 3.23. The lowest BCUT2D eigenvalue weighted by Crippen LogP contribution is -2.06. The molecular weight excluding hydrogens is 296 g/mol. The molecule has 0 spiro atoms. The van der Waals surface area contributed by atoms with E-state index in [9.17, 15) is 4.79 Å². The van der Waals surface area contributed by atoms with Gasteiger partial charge in [0.1, 0.15) is 0 Å². The van der Waals surface area contributed by atoms with E-state index in [1.54, 1.807) is 6.92 Å². The quantitative estimate of drug-likeness (QED) is 0.159. The van der Waals surface area contributed by atoms with Crippen LogP contribution in [0.25, 0.3) is 0 Å². The zero-order valence-corrected chi connectivity index (χ0v) is 16.7. The summed E-state index contributed by atoms with van der Waals surface area (Å²) in [5, 5.41) is 0. The molecule has 0 aliphatic carbocycles. The summed E-state index contributed by atoms with van der Waals surface area (Å²) in [6.45, 7) is 10.4. The second-order valence-corrected chi connectivity index (χ2v) is 7.33. The number of ether oxygens (including phenoxy) is 1. The molecule has 0 bridgehead atoms. The summed E-state index contributed by atoms with van der Waals surface area (Å²) in [5.41, 5.74) is 0.492. The maximum atomic E-state index is 11.2. The monoisotopic (exact) mass is 338 g/mol. The van der Waals surface area contributed by atoms with Crippen LogP contribution >= 0.6 is 0 Å². The molecule has 1 atom stereocenters. The number of esters is 1. The SMILES string of the molecule is C=C(C)C(=O)OCCCCCCCC(CCC)CCCCCCC. The Balaban J connectivity index is 3.52. The average Bonchev–Trinajstić information content (AvgIpc) is 2.56. The van der Waals surface area contributed by atoms with Crippen LogP contribution in [0.3, 0.4) is 0 Å². The molecule has 0 saturated carbocycles. The number of hydrogen-bond acceptors (Lipinski definition) is 2. The van der Waals surface area contributed by atoms with E-state index < -0.39 is 0 Å². The molecule has 0 aliphatic heterocycles. The standard InChI is InChI=1S/C22H42O2/c1-5-7-8-10-13-17-21(16-6-2)18-14-11-9-12-15-19-24-22(23)20(3)4/h21H,3,5-19H2,1-2,4H3. The van der Waals surface area contributed by atoms with E-state index in [0.29, 0.717) is 12.2 Å². The van der Waals surface area contributed by atoms with E-state index in [0.717, 1.165) is 12.3 Å². The van der Waals surface area contributed by atoms with Crippen molar-refractivity contribution < 1.29 is 9.53 Å². The zero-order chi connectivity index (χ0) is 18.0. The van der Waals surface area contributed by atoms with Gasteiger partial charge < -0.3 is 4.74 Å². The number of carbonyl (C=O) groups is 1. The Morgan fingerprint density at radius 2 is 1.33 bits per heavy atom. The first-order chi connectivity index (χ1) is 11.6. The van der Waals surface area contributed by atoms with Crippen molar-refractivity contribution in [2.24, 2.45) is 5.92 Å². The molecule has 0 aromatic carbocycles. The Bertz CT molecular complexity index is 309. The van der Waals surface area contributed by atoms with E-state index in [-0.39, 0.29) is 5.97 Å². The summed E-state index contributed by atoms with van der Waals surface area (Å²) in [7, 11) is 0. The highest BCUT2D eigenvalue weighted by molar-refractivity contribution is 5.86. The Morgan fingerprint density at radius 3 is 1.88 bits per heavy atom. The largest absolute Gasteiger partial charge is 0.462 e. The first-order valence-corrected chi connectivity index (χ1v) is 10.4. The molecule has 0 fully saturated rings. The zero-order valence-electron chi connectivity index (χ0n) is 16.7. The summed E-state index contributed by atoms with van der Waals surface area (Å²) >= 11 is 0. The van der Waals surface area contributed by atoms with E-state index >= 15 is 0 Å². The summed E-state index contributed by atoms with van der Waals surface area (Å²) in [6.07, 6.45) is 18.7. The van der Waals surface area contributed by atoms with Gasteiger partial charge in [-0.25, -0.2) is 4.79 Å². The van der Waals surface area contributed by atoms with Crippen LogP contribution in [0.5, 0.6) is 0 Å². The van der Waals surface area contributed by atoms with Gasteiger partial charge in [0.15, 0.2) is 0 Å². The molecule has 0 amide bonds. The van der Waals surface area contributed by atoms with E-state index in [4.69, 9.17) is 4.74 Å². The van der Waals surface area contributed by atoms with Crippen molar-refractivity contribution in [1.29, 1.82) is 0 Å². The lowest BCUT2D eigenvalue weighted by Gasteiger charge is -2.16. The van der Waals surface area contributed by atoms with Crippen LogP contribution in [0.1, 0.15) is 111 Å². The van der Waals surface area contributed by atoms with Crippen molar-refractivity contribution in [3.63, 3.8) is 0 Å². The Labute approximate surface area is 151 Å². The van der Waals surface area contributed by atoms with Crippen molar-refractivity contribution in [1.82, 2.24) is 0 Å². The molecule has 0 aromatic rings. The number of hydrogen-bond donors (Lipinski definition) is 0. The van der Waals surface area contributed by atoms with Crippen LogP contribution in [0.4, 0.5) is 0 Å². The second kappa shape index (κ2) is 17.0. The minimum absolute atomic E-state index is 0.253. The van der Waals surface area contributed by atoms with E-state index in [2.05, 4.69) is 20.4 Å². The lowest BCUT2D eigenvalue weighted by molar-refractivity contribution is -0.139. The first-order valence-electron chi connectivity index (χ1n) is 10.4. The highest BCUT2D eigenvalue weighted by Gasteiger charge is 2.07. The maximum Gasteiger partial charge on any atom is 0.333 e. The summed E-state index contributed by atoms with van der Waals surface area (Å²) in [6, 6.07) is 0. The lowest BCUT2D eigenvalue weighted by atomic mass is 9.91. The topological polar surface area (TPSA) is 26.3 Å². The normalized spacial score (nSPS) is 12.1. The van der Waals surface area contributed by atoms with Gasteiger partial charge >= 0.3 is 5.97 Å². The van der Waals surface area contributed by atoms with Gasteiger partial charge in [-0.2, -0.15) is 0 Å². The summed E-state index contributed by atoms with van der Waals surface area (Å²) in [4.78, 5) is 11.2. The average molecular weight is 339 g/mol. The molecule has 24 heavy (non-hydrogen) atoms. The van der Waals surface area contributed by atoms with Crippen LogP contribution in [0.2, 0.25) is 0 Å². The van der Waals surface area contributed by atoms with Gasteiger partial charge in [-0.3, -0.25) is 0 Å². The smallest absolute Gasteiger partial charge is 0.333 e. The third kappa shape index (κ3) is 14.8. The fraction of sp³-hybridized carbons (Fsp3) is 0.864. The predicted octanol–water partition coefficient (Wildman–Crippen LogP) is 7.22. The van der Waals surface area contributed by atoms with Crippen molar-refractivity contribution in [3.05, 3.63) is 12.2 Å². The Hall–Kier alpha value is -0.790. The van der Waals surface area contributed by atoms with Gasteiger partial charge in [0.25, 0.3) is 0 Å². The molecule has 0 saturated heterocycles. The first kappa shape index (κ1) is 23.2. The number of unbranched alkanes of at least 4 members (excludes halogenated alkanes) is 8. The van der Waals surface area contributed by atoms with Crippen LogP contribution in [-0.4, -0.2) is 12.6 Å². The highest BCUT2D eigenvalue weighted by atomic mass is 16.5. The van der Waals surface area contributed by atoms with Gasteiger partial charge in [-0.1, -0.05) is 104 Å². The Kier molecular flexibility index (Phi) is 16.5. The van der Waals surface area contributed by atoms with Gasteiger partial charge in [-0.05, 0) is 19.3 Å². The van der Waals surface area contributed by atoms with Crippen molar-refractivity contribution >= 4 is 5.97 Å². The van der Waals surface area contributed by atoms with E-state index in [1.165, 1.54) is 83.5 Å². The van der Waals surface area contributed by atoms with Gasteiger partial charge in [0.05, 0.1) is 6.61 Å². The molecule has 0 aliphatic rings. The van der Waals surface area contributed by atoms with Gasteiger partial charge in [0.2, 0.25) is 0 Å². The summed E-state index contributed by atoms with van der Waals surface area (Å²) < 4.78 is 5.11. The van der Waals surface area contributed by atoms with E-state index in [1.807, 2.05) is 0 Å². The van der Waals surface area contributed by atoms with Gasteiger partial charge in [-0.15, -0.1) is 0 Å². The summed E-state index contributed by atoms with van der Waals surface area (Å²) in [5.74, 6) is 0.699. The minimum atomic E-state index is -0.253. The van der Waals surface area contributed by atoms with Crippen molar-refractivity contribution in [3.8, 4) is 0 Å². The fourth-order valence-electron chi connectivity index (χ4n) is 3.23. The molecule has 142 valence electrons. The van der Waals surface area contributed by atoms with Crippen LogP contribution in [-0.2, 0) is 9.53 Å². The molecular formula is C22H42O2. The maximum absolute atomic E-state index is 11.2. The van der Waals surface area contributed by atoms with Crippen molar-refractivity contribution in [2.45, 2.75) is 111 Å². The molecule has 1 unspecified atom stereocenters. The third-order valence-electron chi connectivity index (χ3n) is 4.75. The van der Waals surface area contributed by atoms with Crippen molar-refractivity contribution in [2.75, 3.05) is 6.61 Å². The molecule has 2 nitrogen and oxygen atoms in total. The van der Waals surface area contributed by atoms with Crippen LogP contribution in [0, 0.1) is 5.92 Å². The molecule has 0 aromatic heterocycles. The molecule has 0 N–H and O–H groups in total. The van der Waals surface area contributed by atoms with Crippen LogP contribution in [0.15, 0.2) is 12.2 Å². The van der Waals surface area contributed by atoms with Gasteiger partial charge in [0, 0.05) is 5.57 Å². The molecule has 2 heteroatoms. The minimum Gasteiger partial charge on any atom is -0.462 e. The number of carbonyl (C=O) groups excluding carboxylic acids is 1. The number of rotatable bonds is 17. The van der Waals surface area contributed by atoms with Crippen LogP contribution < -0.4 is 0 Å². The molecule has 0 radical (unpaired) electrons.